The van der Waals surface area contributed by atoms with Gasteiger partial charge in [0.1, 0.15) is 0 Å². The maximum atomic E-state index is 13.2. The fraction of sp³-hybridized carbons (Fsp3) is 0.577. The molecule has 2 aliphatic heterocycles. The van der Waals surface area contributed by atoms with E-state index in [2.05, 4.69) is 15.5 Å². The Hall–Kier alpha value is -2.78. The number of amides is 4. The van der Waals surface area contributed by atoms with E-state index >= 15 is 0 Å². The number of hydrogen-bond donors (Lipinski definition) is 2. The Balaban J connectivity index is 1.92. The summed E-state index contributed by atoms with van der Waals surface area (Å²) in [5.41, 5.74) is 1.47. The Morgan fingerprint density at radius 3 is 2.39 bits per heavy atom. The van der Waals surface area contributed by atoms with E-state index in [1.807, 2.05) is 39.5 Å². The van der Waals surface area contributed by atoms with Gasteiger partial charge in [0.15, 0.2) is 0 Å². The summed E-state index contributed by atoms with van der Waals surface area (Å²) in [6, 6.07) is 6.05. The Labute approximate surface area is 218 Å². The number of urea groups is 2. The predicted octanol–water partition coefficient (Wildman–Crippen LogP) is 3.76. The number of nitrogens with zero attached hydrogens (tertiary/aromatic N) is 3. The van der Waals surface area contributed by atoms with Crippen LogP contribution in [0.3, 0.4) is 0 Å². The van der Waals surface area contributed by atoms with Crippen LogP contribution in [0.25, 0.3) is 0 Å². The van der Waals surface area contributed by atoms with Crippen molar-refractivity contribution in [1.82, 2.24) is 25.3 Å². The number of ether oxygens (including phenoxy) is 1. The second kappa shape index (κ2) is 11.5. The third-order valence-corrected chi connectivity index (χ3v) is 6.53. The van der Waals surface area contributed by atoms with E-state index in [0.717, 1.165) is 5.56 Å². The van der Waals surface area contributed by atoms with E-state index in [0.29, 0.717) is 49.0 Å². The highest BCUT2D eigenvalue weighted by Gasteiger charge is 2.39. The molecule has 1 saturated heterocycles. The van der Waals surface area contributed by atoms with Gasteiger partial charge in [0.25, 0.3) is 0 Å². The maximum absolute atomic E-state index is 13.2. The average molecular weight is 520 g/mol. The smallest absolute Gasteiger partial charge is 0.338 e. The summed E-state index contributed by atoms with van der Waals surface area (Å²) in [5, 5.41) is 6.57. The summed E-state index contributed by atoms with van der Waals surface area (Å²) < 4.78 is 5.44. The molecular formula is C26H38ClN5O4. The van der Waals surface area contributed by atoms with E-state index < -0.39 is 12.0 Å². The van der Waals surface area contributed by atoms with Crippen molar-refractivity contribution >= 4 is 29.6 Å². The molecule has 0 radical (unpaired) electrons. The number of carbonyl (C=O) groups excluding carboxylic acids is 3. The average Bonchev–Trinajstić information content (AvgIpc) is 2.78. The lowest BCUT2D eigenvalue weighted by atomic mass is 9.94. The van der Waals surface area contributed by atoms with Crippen LogP contribution in [0.15, 0.2) is 35.5 Å². The molecule has 3 rings (SSSR count). The zero-order valence-electron chi connectivity index (χ0n) is 22.1. The third-order valence-electron chi connectivity index (χ3n) is 6.28. The van der Waals surface area contributed by atoms with Crippen LogP contribution in [0, 0.1) is 0 Å². The van der Waals surface area contributed by atoms with Gasteiger partial charge in [0, 0.05) is 55.0 Å². The lowest BCUT2D eigenvalue weighted by Crippen LogP contribution is -2.59. The van der Waals surface area contributed by atoms with Crippen molar-refractivity contribution < 1.29 is 19.1 Å². The van der Waals surface area contributed by atoms with Gasteiger partial charge in [-0.05, 0) is 59.2 Å². The highest BCUT2D eigenvalue weighted by molar-refractivity contribution is 6.30. The summed E-state index contributed by atoms with van der Waals surface area (Å²) in [6.45, 7) is 14.3. The van der Waals surface area contributed by atoms with Crippen molar-refractivity contribution in [2.75, 3.05) is 39.3 Å². The van der Waals surface area contributed by atoms with Crippen molar-refractivity contribution in [2.24, 2.45) is 0 Å². The molecule has 0 bridgehead atoms. The van der Waals surface area contributed by atoms with Crippen LogP contribution in [-0.4, -0.2) is 83.6 Å². The number of benzene rings is 1. The van der Waals surface area contributed by atoms with Crippen molar-refractivity contribution in [1.29, 1.82) is 0 Å². The number of nitrogens with one attached hydrogen (secondary N) is 2. The molecule has 2 heterocycles. The van der Waals surface area contributed by atoms with Crippen LogP contribution in [0.1, 0.15) is 53.1 Å². The first-order valence-corrected chi connectivity index (χ1v) is 12.9. The topological polar surface area (TPSA) is 94.2 Å². The van der Waals surface area contributed by atoms with Crippen LogP contribution in [0.2, 0.25) is 5.02 Å². The summed E-state index contributed by atoms with van der Waals surface area (Å²) in [6.07, 6.45) is 0. The first kappa shape index (κ1) is 27.8. The number of likely N-dealkylation sites (N-methyl/N-ethyl adjacent to an activating group) is 1. The molecule has 1 aromatic rings. The first-order valence-electron chi connectivity index (χ1n) is 12.5. The number of carbonyl (C=O) groups is 3. The predicted molar refractivity (Wildman–Crippen MR) is 140 cm³/mol. The second-order valence-electron chi connectivity index (χ2n) is 10.2. The number of piperazine rings is 1. The van der Waals surface area contributed by atoms with Gasteiger partial charge < -0.3 is 20.3 Å². The Bertz CT molecular complexity index is 1000. The van der Waals surface area contributed by atoms with E-state index in [9.17, 15) is 14.4 Å². The molecule has 0 saturated carbocycles. The Morgan fingerprint density at radius 2 is 1.83 bits per heavy atom. The Morgan fingerprint density at radius 1 is 1.17 bits per heavy atom. The lowest BCUT2D eigenvalue weighted by Gasteiger charge is -2.43. The molecule has 2 atom stereocenters. The minimum Gasteiger partial charge on any atom is -0.463 e. The zero-order chi connectivity index (χ0) is 26.6. The van der Waals surface area contributed by atoms with Crippen molar-refractivity contribution in [3.63, 3.8) is 0 Å². The highest BCUT2D eigenvalue weighted by Crippen LogP contribution is 2.33. The van der Waals surface area contributed by atoms with Crippen molar-refractivity contribution in [2.45, 2.75) is 59.2 Å². The second-order valence-corrected chi connectivity index (χ2v) is 10.7. The normalized spacial score (nSPS) is 21.4. The van der Waals surface area contributed by atoms with Crippen LogP contribution in [0.5, 0.6) is 0 Å². The van der Waals surface area contributed by atoms with E-state index in [1.54, 1.807) is 36.1 Å². The highest BCUT2D eigenvalue weighted by atomic mass is 35.5. The third kappa shape index (κ3) is 6.50. The quantitative estimate of drug-likeness (QED) is 0.558. The van der Waals surface area contributed by atoms with Crippen LogP contribution in [-0.2, 0) is 9.53 Å². The van der Waals surface area contributed by atoms with E-state index in [-0.39, 0.29) is 30.2 Å². The molecule has 0 aromatic heterocycles. The van der Waals surface area contributed by atoms with E-state index in [1.165, 1.54) is 0 Å². The largest absolute Gasteiger partial charge is 0.463 e. The van der Waals surface area contributed by atoms with Gasteiger partial charge in [-0.2, -0.15) is 0 Å². The lowest BCUT2D eigenvalue weighted by molar-refractivity contribution is -0.139. The molecule has 9 nitrogen and oxygen atoms in total. The number of hydrogen-bond acceptors (Lipinski definition) is 5. The molecule has 2 N–H and O–H groups in total. The van der Waals surface area contributed by atoms with Crippen LogP contribution in [0.4, 0.5) is 9.59 Å². The number of esters is 1. The molecule has 1 fully saturated rings. The van der Waals surface area contributed by atoms with Gasteiger partial charge in [-0.1, -0.05) is 23.7 Å². The van der Waals surface area contributed by atoms with Crippen molar-refractivity contribution in [3.05, 3.63) is 46.1 Å². The fourth-order valence-corrected chi connectivity index (χ4v) is 4.77. The molecule has 0 aliphatic carbocycles. The molecule has 1 aromatic carbocycles. The maximum Gasteiger partial charge on any atom is 0.338 e. The first-order chi connectivity index (χ1) is 16.9. The van der Waals surface area contributed by atoms with Crippen molar-refractivity contribution in [3.8, 4) is 0 Å². The minimum atomic E-state index is -0.650. The zero-order valence-corrected chi connectivity index (χ0v) is 22.8. The standard InChI is InChI=1S/C26H38ClN5O4/c1-7-31-20(16-30-13-14-32(17(3)15-30)25(35)29-26(4,5)6)21(23(33)36-8-2)22(28-24(31)34)18-9-11-19(27)12-10-18/h9-12,17,22H,7-8,13-16H2,1-6H3,(H,28,34)(H,29,35)/t17-,22-/m0/s1. The molecule has 10 heteroatoms. The molecule has 2 aliphatic rings. The van der Waals surface area contributed by atoms with Crippen LogP contribution >= 0.6 is 11.6 Å². The molecule has 0 unspecified atom stereocenters. The fourth-order valence-electron chi connectivity index (χ4n) is 4.65. The van der Waals surface area contributed by atoms with Gasteiger partial charge in [-0.3, -0.25) is 9.80 Å². The van der Waals surface area contributed by atoms with Crippen LogP contribution < -0.4 is 10.6 Å². The summed E-state index contributed by atoms with van der Waals surface area (Å²) in [5.74, 6) is -0.456. The molecule has 36 heavy (non-hydrogen) atoms. The number of rotatable bonds is 6. The molecule has 4 amide bonds. The summed E-state index contributed by atoms with van der Waals surface area (Å²) in [4.78, 5) is 44.7. The molecular weight excluding hydrogens is 482 g/mol. The van der Waals surface area contributed by atoms with Gasteiger partial charge in [0.2, 0.25) is 0 Å². The van der Waals surface area contributed by atoms with Gasteiger partial charge in [-0.25, -0.2) is 14.4 Å². The minimum absolute atomic E-state index is 0.0349. The van der Waals surface area contributed by atoms with E-state index in [4.69, 9.17) is 16.3 Å². The number of halogens is 1. The van der Waals surface area contributed by atoms with Gasteiger partial charge in [0.05, 0.1) is 18.2 Å². The Kier molecular flexibility index (Phi) is 8.89. The summed E-state index contributed by atoms with van der Waals surface area (Å²) >= 11 is 6.08. The van der Waals surface area contributed by atoms with Gasteiger partial charge in [-0.15, -0.1) is 0 Å². The summed E-state index contributed by atoms with van der Waals surface area (Å²) in [7, 11) is 0. The molecule has 0 spiro atoms. The SMILES string of the molecule is CCOC(=O)C1=C(CN2CCN(C(=O)NC(C)(C)C)[C@@H](C)C2)N(CC)C(=O)N[C@H]1c1ccc(Cl)cc1. The molecule has 198 valence electrons. The van der Waals surface area contributed by atoms with Gasteiger partial charge >= 0.3 is 18.0 Å². The monoisotopic (exact) mass is 519 g/mol.